The third-order valence-corrected chi connectivity index (χ3v) is 7.30. The van der Waals surface area contributed by atoms with Crippen molar-refractivity contribution < 1.29 is 14.3 Å². The monoisotopic (exact) mass is 529 g/mol. The standard InChI is InChI=1S/C30H51N5O3/c1-5-7-19-34(20-11-10-18-32-17-6-2)30(37)24-38-26(3)33-22-15-28(16-23-33)35(25-36)21-14-27-12-8-9-13-29(27)31-4/h8-9,12-13,25,28,31-32H,3,5-7,10-11,14-24H2,1-2,4H3. The summed E-state index contributed by atoms with van der Waals surface area (Å²) in [4.78, 5) is 30.7. The van der Waals surface area contributed by atoms with E-state index in [1.807, 2.05) is 29.0 Å². The van der Waals surface area contributed by atoms with Crippen LogP contribution >= 0.6 is 0 Å². The van der Waals surface area contributed by atoms with Gasteiger partial charge >= 0.3 is 0 Å². The number of piperidine rings is 1. The van der Waals surface area contributed by atoms with Crippen LogP contribution < -0.4 is 10.6 Å². The molecule has 1 aliphatic heterocycles. The second-order valence-corrected chi connectivity index (χ2v) is 10.1. The van der Waals surface area contributed by atoms with Crippen LogP contribution in [0, 0.1) is 0 Å². The van der Waals surface area contributed by atoms with E-state index in [0.717, 1.165) is 103 Å². The van der Waals surface area contributed by atoms with Gasteiger partial charge in [-0.3, -0.25) is 9.59 Å². The molecule has 0 aliphatic carbocycles. The van der Waals surface area contributed by atoms with E-state index in [0.29, 0.717) is 12.4 Å². The lowest BCUT2D eigenvalue weighted by molar-refractivity contribution is -0.136. The first-order valence-corrected chi connectivity index (χ1v) is 14.6. The summed E-state index contributed by atoms with van der Waals surface area (Å²) in [6.07, 6.45) is 8.78. The molecule has 1 aromatic rings. The summed E-state index contributed by atoms with van der Waals surface area (Å²) in [7, 11) is 1.92. The molecule has 0 unspecified atom stereocenters. The molecule has 1 saturated heterocycles. The van der Waals surface area contributed by atoms with Crippen molar-refractivity contribution in [2.24, 2.45) is 0 Å². The molecule has 0 spiro atoms. The Bertz CT molecular complexity index is 826. The molecule has 0 saturated carbocycles. The summed E-state index contributed by atoms with van der Waals surface area (Å²) < 4.78 is 5.85. The third-order valence-electron chi connectivity index (χ3n) is 7.30. The van der Waals surface area contributed by atoms with E-state index in [4.69, 9.17) is 4.74 Å². The highest BCUT2D eigenvalue weighted by molar-refractivity contribution is 5.77. The summed E-state index contributed by atoms with van der Waals surface area (Å²) in [6, 6.07) is 8.42. The largest absolute Gasteiger partial charge is 0.470 e. The molecule has 214 valence electrons. The molecule has 2 amide bonds. The fourth-order valence-electron chi connectivity index (χ4n) is 4.89. The number of nitrogens with one attached hydrogen (secondary N) is 2. The average molecular weight is 530 g/mol. The third kappa shape index (κ3) is 10.9. The van der Waals surface area contributed by atoms with Crippen molar-refractivity contribution in [1.82, 2.24) is 20.0 Å². The number of anilines is 1. The maximum absolute atomic E-state index is 12.9. The van der Waals surface area contributed by atoms with Gasteiger partial charge in [0.25, 0.3) is 5.91 Å². The van der Waals surface area contributed by atoms with Crippen LogP contribution in [-0.2, 0) is 20.7 Å². The van der Waals surface area contributed by atoms with Gasteiger partial charge in [-0.05, 0) is 76.2 Å². The van der Waals surface area contributed by atoms with Gasteiger partial charge in [0.2, 0.25) is 6.41 Å². The molecular formula is C30H51N5O3. The number of carbonyl (C=O) groups is 2. The van der Waals surface area contributed by atoms with Gasteiger partial charge in [0.1, 0.15) is 0 Å². The number of rotatable bonds is 20. The van der Waals surface area contributed by atoms with Crippen LogP contribution in [0.4, 0.5) is 5.69 Å². The second-order valence-electron chi connectivity index (χ2n) is 10.1. The van der Waals surface area contributed by atoms with Gasteiger partial charge in [-0.1, -0.05) is 38.5 Å². The van der Waals surface area contributed by atoms with Crippen LogP contribution in [-0.4, -0.2) is 92.5 Å². The van der Waals surface area contributed by atoms with Gasteiger partial charge in [-0.2, -0.15) is 0 Å². The minimum absolute atomic E-state index is 0.0297. The Kier molecular flexibility index (Phi) is 15.3. The van der Waals surface area contributed by atoms with Crippen molar-refractivity contribution in [2.75, 3.05) is 64.8 Å². The zero-order valence-corrected chi connectivity index (χ0v) is 24.1. The number of amides is 2. The van der Waals surface area contributed by atoms with Crippen molar-refractivity contribution in [1.29, 1.82) is 0 Å². The molecule has 1 aromatic carbocycles. The summed E-state index contributed by atoms with van der Waals surface area (Å²) in [5.41, 5.74) is 2.32. The molecule has 0 aromatic heterocycles. The van der Waals surface area contributed by atoms with Gasteiger partial charge < -0.3 is 30.1 Å². The van der Waals surface area contributed by atoms with Crippen LogP contribution in [0.1, 0.15) is 64.4 Å². The van der Waals surface area contributed by atoms with Gasteiger partial charge in [0.05, 0.1) is 0 Å². The minimum Gasteiger partial charge on any atom is -0.470 e. The molecule has 8 heteroatoms. The Labute approximate surface area is 230 Å². The summed E-state index contributed by atoms with van der Waals surface area (Å²) >= 11 is 0. The first-order chi connectivity index (χ1) is 18.5. The molecule has 0 bridgehead atoms. The molecule has 2 rings (SSSR count). The van der Waals surface area contributed by atoms with Crippen LogP contribution in [0.2, 0.25) is 0 Å². The van der Waals surface area contributed by atoms with E-state index in [-0.39, 0.29) is 18.6 Å². The number of para-hydroxylation sites is 1. The molecule has 1 aliphatic rings. The highest BCUT2D eigenvalue weighted by atomic mass is 16.5. The molecule has 8 nitrogen and oxygen atoms in total. The molecule has 0 radical (unpaired) electrons. The normalized spacial score (nSPS) is 13.7. The Morgan fingerprint density at radius 2 is 1.82 bits per heavy atom. The fourth-order valence-corrected chi connectivity index (χ4v) is 4.89. The molecular weight excluding hydrogens is 478 g/mol. The highest BCUT2D eigenvalue weighted by Gasteiger charge is 2.25. The van der Waals surface area contributed by atoms with E-state index in [9.17, 15) is 9.59 Å². The van der Waals surface area contributed by atoms with Gasteiger partial charge in [-0.15, -0.1) is 0 Å². The van der Waals surface area contributed by atoms with E-state index in [1.165, 1.54) is 5.56 Å². The summed E-state index contributed by atoms with van der Waals surface area (Å²) in [6.45, 7) is 14.3. The smallest absolute Gasteiger partial charge is 0.260 e. The maximum atomic E-state index is 12.9. The van der Waals surface area contributed by atoms with Crippen LogP contribution in [0.25, 0.3) is 0 Å². The van der Waals surface area contributed by atoms with Crippen LogP contribution in [0.15, 0.2) is 36.7 Å². The highest BCUT2D eigenvalue weighted by Crippen LogP contribution is 2.21. The van der Waals surface area contributed by atoms with Gasteiger partial charge in [0.15, 0.2) is 12.5 Å². The van der Waals surface area contributed by atoms with E-state index in [2.05, 4.69) is 48.1 Å². The number of hydrogen-bond donors (Lipinski definition) is 2. The quantitative estimate of drug-likeness (QED) is 0.151. The molecule has 38 heavy (non-hydrogen) atoms. The number of benzene rings is 1. The maximum Gasteiger partial charge on any atom is 0.260 e. The Morgan fingerprint density at radius 1 is 1.08 bits per heavy atom. The predicted molar refractivity (Wildman–Crippen MR) is 156 cm³/mol. The number of unbranched alkanes of at least 4 members (excludes halogenated alkanes) is 2. The van der Waals surface area contributed by atoms with Gasteiger partial charge in [-0.25, -0.2) is 0 Å². The van der Waals surface area contributed by atoms with E-state index < -0.39 is 0 Å². The lowest BCUT2D eigenvalue weighted by Crippen LogP contribution is -2.45. The van der Waals surface area contributed by atoms with Crippen molar-refractivity contribution in [2.45, 2.75) is 71.3 Å². The number of hydrogen-bond acceptors (Lipinski definition) is 6. The number of nitrogens with zero attached hydrogens (tertiary/aromatic N) is 3. The van der Waals surface area contributed by atoms with Crippen molar-refractivity contribution >= 4 is 18.0 Å². The second kappa shape index (κ2) is 18.5. The average Bonchev–Trinajstić information content (AvgIpc) is 2.95. The molecule has 0 atom stereocenters. The zero-order chi connectivity index (χ0) is 27.6. The predicted octanol–water partition coefficient (Wildman–Crippen LogP) is 4.09. The van der Waals surface area contributed by atoms with E-state index >= 15 is 0 Å². The summed E-state index contributed by atoms with van der Waals surface area (Å²) in [5.74, 6) is 0.585. The van der Waals surface area contributed by atoms with Gasteiger partial charge in [0, 0.05) is 51.5 Å². The Hall–Kier alpha value is -2.74. The number of likely N-dealkylation sites (tertiary alicyclic amines) is 1. The number of carbonyl (C=O) groups excluding carboxylic acids is 2. The minimum atomic E-state index is 0.0297. The number of ether oxygens (including phenoxy) is 1. The van der Waals surface area contributed by atoms with Crippen LogP contribution in [0.5, 0.6) is 0 Å². The molecule has 1 heterocycles. The first kappa shape index (κ1) is 31.5. The zero-order valence-electron chi connectivity index (χ0n) is 24.1. The molecule has 2 N–H and O–H groups in total. The van der Waals surface area contributed by atoms with Crippen molar-refractivity contribution in [3.8, 4) is 0 Å². The lowest BCUT2D eigenvalue weighted by atomic mass is 10.0. The van der Waals surface area contributed by atoms with Crippen molar-refractivity contribution in [3.63, 3.8) is 0 Å². The topological polar surface area (TPSA) is 77.2 Å². The fraction of sp³-hybridized carbons (Fsp3) is 0.667. The Morgan fingerprint density at radius 3 is 2.50 bits per heavy atom. The summed E-state index contributed by atoms with van der Waals surface area (Å²) in [5, 5.41) is 6.64. The lowest BCUT2D eigenvalue weighted by Gasteiger charge is -2.38. The first-order valence-electron chi connectivity index (χ1n) is 14.6. The molecule has 1 fully saturated rings. The van der Waals surface area contributed by atoms with E-state index in [1.54, 1.807) is 0 Å². The van der Waals surface area contributed by atoms with Crippen molar-refractivity contribution in [3.05, 3.63) is 42.3 Å². The van der Waals surface area contributed by atoms with Crippen LogP contribution in [0.3, 0.4) is 0 Å². The Balaban J connectivity index is 1.74. The SMILES string of the molecule is C=C(OCC(=O)N(CCCC)CCCCNCCC)N1CCC(N(C=O)CCc2ccccc2NC)CC1.